The van der Waals surface area contributed by atoms with E-state index < -0.39 is 5.60 Å². The molecular formula is C14H26N2O3. The Morgan fingerprint density at radius 1 is 1.26 bits per heavy atom. The maximum absolute atomic E-state index is 11.7. The molecule has 5 heteroatoms. The third-order valence-corrected chi connectivity index (χ3v) is 3.81. The van der Waals surface area contributed by atoms with Gasteiger partial charge in [0, 0.05) is 25.4 Å². The van der Waals surface area contributed by atoms with E-state index in [0.717, 1.165) is 25.7 Å². The summed E-state index contributed by atoms with van der Waals surface area (Å²) in [5, 5.41) is 15.2. The van der Waals surface area contributed by atoms with Crippen LogP contribution in [0.2, 0.25) is 0 Å². The Hall–Kier alpha value is -1.10. The lowest BCUT2D eigenvalue weighted by atomic mass is 10.0. The van der Waals surface area contributed by atoms with E-state index >= 15 is 0 Å². The highest BCUT2D eigenvalue weighted by atomic mass is 16.3. The van der Waals surface area contributed by atoms with E-state index in [2.05, 4.69) is 10.6 Å². The summed E-state index contributed by atoms with van der Waals surface area (Å²) >= 11 is 0. The topological polar surface area (TPSA) is 78.4 Å². The maximum Gasteiger partial charge on any atom is 0.223 e. The molecule has 2 amide bonds. The number of rotatable bonds is 7. The van der Waals surface area contributed by atoms with Crippen LogP contribution in [-0.4, -0.2) is 35.6 Å². The van der Waals surface area contributed by atoms with Crippen LogP contribution in [0.25, 0.3) is 0 Å². The Balaban J connectivity index is 2.11. The van der Waals surface area contributed by atoms with Crippen LogP contribution in [0.15, 0.2) is 0 Å². The summed E-state index contributed by atoms with van der Waals surface area (Å²) in [4.78, 5) is 23.2. The molecule has 1 unspecified atom stereocenters. The van der Waals surface area contributed by atoms with Crippen molar-refractivity contribution in [1.82, 2.24) is 10.6 Å². The van der Waals surface area contributed by atoms with Crippen LogP contribution < -0.4 is 10.6 Å². The fourth-order valence-corrected chi connectivity index (χ4v) is 2.13. The third kappa shape index (κ3) is 6.05. The summed E-state index contributed by atoms with van der Waals surface area (Å²) in [5.74, 6) is 0.0789. The molecule has 0 aliphatic heterocycles. The zero-order valence-corrected chi connectivity index (χ0v) is 12.0. The molecule has 0 spiro atoms. The van der Waals surface area contributed by atoms with E-state index in [9.17, 15) is 14.7 Å². The van der Waals surface area contributed by atoms with Gasteiger partial charge in [-0.15, -0.1) is 0 Å². The number of hydrogen-bond acceptors (Lipinski definition) is 3. The first-order valence-corrected chi connectivity index (χ1v) is 7.21. The molecule has 1 aliphatic carbocycles. The van der Waals surface area contributed by atoms with E-state index in [4.69, 9.17) is 0 Å². The molecule has 1 rings (SSSR count). The number of amides is 2. The van der Waals surface area contributed by atoms with Gasteiger partial charge in [0.2, 0.25) is 11.8 Å². The molecule has 0 aromatic carbocycles. The van der Waals surface area contributed by atoms with Crippen molar-refractivity contribution in [2.24, 2.45) is 5.92 Å². The van der Waals surface area contributed by atoms with Crippen LogP contribution in [0.5, 0.6) is 0 Å². The largest absolute Gasteiger partial charge is 0.388 e. The lowest BCUT2D eigenvalue weighted by Crippen LogP contribution is -2.41. The Morgan fingerprint density at radius 2 is 1.89 bits per heavy atom. The average molecular weight is 270 g/mol. The van der Waals surface area contributed by atoms with Crippen molar-refractivity contribution in [1.29, 1.82) is 0 Å². The van der Waals surface area contributed by atoms with E-state index in [1.165, 1.54) is 0 Å². The molecular weight excluding hydrogens is 244 g/mol. The van der Waals surface area contributed by atoms with Crippen molar-refractivity contribution in [2.75, 3.05) is 13.1 Å². The van der Waals surface area contributed by atoms with E-state index in [1.807, 2.05) is 6.92 Å². The SMILES string of the molecule is CCC(C)(O)CNC(=O)CCNC(=O)C1CCCC1. The molecule has 3 N–H and O–H groups in total. The van der Waals surface area contributed by atoms with Gasteiger partial charge in [-0.2, -0.15) is 0 Å². The molecule has 0 saturated heterocycles. The van der Waals surface area contributed by atoms with Gasteiger partial charge in [-0.1, -0.05) is 19.8 Å². The molecule has 1 saturated carbocycles. The van der Waals surface area contributed by atoms with Gasteiger partial charge in [0.15, 0.2) is 0 Å². The smallest absolute Gasteiger partial charge is 0.223 e. The number of aliphatic hydroxyl groups is 1. The standard InChI is InChI=1S/C14H26N2O3/c1-3-14(2,19)10-16-12(17)8-9-15-13(18)11-6-4-5-7-11/h11,19H,3-10H2,1-2H3,(H,15,18)(H,16,17). The average Bonchev–Trinajstić information content (AvgIpc) is 2.90. The normalized spacial score (nSPS) is 18.9. The van der Waals surface area contributed by atoms with Crippen LogP contribution in [0.4, 0.5) is 0 Å². The molecule has 0 aromatic heterocycles. The minimum absolute atomic E-state index is 0.0749. The molecule has 0 radical (unpaired) electrons. The fraction of sp³-hybridized carbons (Fsp3) is 0.857. The van der Waals surface area contributed by atoms with Crippen molar-refractivity contribution in [3.63, 3.8) is 0 Å². The second-order valence-corrected chi connectivity index (χ2v) is 5.65. The predicted octanol–water partition coefficient (Wildman–Crippen LogP) is 0.960. The summed E-state index contributed by atoms with van der Waals surface area (Å²) < 4.78 is 0. The van der Waals surface area contributed by atoms with Gasteiger partial charge < -0.3 is 15.7 Å². The highest BCUT2D eigenvalue weighted by Gasteiger charge is 2.22. The first-order chi connectivity index (χ1) is 8.94. The highest BCUT2D eigenvalue weighted by molar-refractivity contribution is 5.80. The Bertz CT molecular complexity index is 310. The number of carbonyl (C=O) groups excluding carboxylic acids is 2. The van der Waals surface area contributed by atoms with Crippen LogP contribution >= 0.6 is 0 Å². The van der Waals surface area contributed by atoms with Crippen molar-refractivity contribution in [3.8, 4) is 0 Å². The Labute approximate surface area is 115 Å². The Morgan fingerprint density at radius 3 is 2.47 bits per heavy atom. The molecule has 1 atom stereocenters. The van der Waals surface area contributed by atoms with Crippen molar-refractivity contribution in [2.45, 2.75) is 58.0 Å². The van der Waals surface area contributed by atoms with Gasteiger partial charge in [0.05, 0.1) is 5.60 Å². The molecule has 0 aromatic rings. The van der Waals surface area contributed by atoms with Crippen molar-refractivity contribution < 1.29 is 14.7 Å². The lowest BCUT2D eigenvalue weighted by Gasteiger charge is -2.21. The summed E-state index contributed by atoms with van der Waals surface area (Å²) in [6, 6.07) is 0. The molecule has 1 aliphatic rings. The molecule has 110 valence electrons. The first-order valence-electron chi connectivity index (χ1n) is 7.21. The van der Waals surface area contributed by atoms with E-state index in [1.54, 1.807) is 6.92 Å². The number of nitrogens with one attached hydrogen (secondary N) is 2. The highest BCUT2D eigenvalue weighted by Crippen LogP contribution is 2.24. The predicted molar refractivity (Wildman–Crippen MR) is 73.5 cm³/mol. The molecule has 0 bridgehead atoms. The van der Waals surface area contributed by atoms with Gasteiger partial charge in [0.25, 0.3) is 0 Å². The second kappa shape index (κ2) is 7.48. The summed E-state index contributed by atoms with van der Waals surface area (Å²) in [6.45, 7) is 4.18. The second-order valence-electron chi connectivity index (χ2n) is 5.65. The molecule has 1 fully saturated rings. The first kappa shape index (κ1) is 16.0. The molecule has 5 nitrogen and oxygen atoms in total. The zero-order chi connectivity index (χ0) is 14.3. The van der Waals surface area contributed by atoms with Crippen LogP contribution in [0.1, 0.15) is 52.4 Å². The number of hydrogen-bond donors (Lipinski definition) is 3. The van der Waals surface area contributed by atoms with Crippen LogP contribution in [-0.2, 0) is 9.59 Å². The lowest BCUT2D eigenvalue weighted by molar-refractivity contribution is -0.125. The third-order valence-electron chi connectivity index (χ3n) is 3.81. The maximum atomic E-state index is 11.7. The van der Waals surface area contributed by atoms with Crippen molar-refractivity contribution in [3.05, 3.63) is 0 Å². The Kier molecular flexibility index (Phi) is 6.28. The van der Waals surface area contributed by atoms with Crippen molar-refractivity contribution >= 4 is 11.8 Å². The quantitative estimate of drug-likeness (QED) is 0.645. The summed E-state index contributed by atoms with van der Waals surface area (Å²) in [7, 11) is 0. The van der Waals surface area contributed by atoms with Crippen LogP contribution in [0, 0.1) is 5.92 Å². The monoisotopic (exact) mass is 270 g/mol. The van der Waals surface area contributed by atoms with E-state index in [0.29, 0.717) is 13.0 Å². The minimum Gasteiger partial charge on any atom is -0.388 e. The summed E-state index contributed by atoms with van der Waals surface area (Å²) in [5.41, 5.74) is -0.858. The zero-order valence-electron chi connectivity index (χ0n) is 12.0. The fourth-order valence-electron chi connectivity index (χ4n) is 2.13. The summed E-state index contributed by atoms with van der Waals surface area (Å²) in [6.07, 6.45) is 5.05. The van der Waals surface area contributed by atoms with Gasteiger partial charge in [-0.3, -0.25) is 9.59 Å². The molecule has 0 heterocycles. The van der Waals surface area contributed by atoms with Gasteiger partial charge >= 0.3 is 0 Å². The van der Waals surface area contributed by atoms with Gasteiger partial charge in [-0.25, -0.2) is 0 Å². The van der Waals surface area contributed by atoms with Crippen LogP contribution in [0.3, 0.4) is 0 Å². The van der Waals surface area contributed by atoms with E-state index in [-0.39, 0.29) is 30.7 Å². The molecule has 19 heavy (non-hydrogen) atoms. The number of carbonyl (C=O) groups is 2. The van der Waals surface area contributed by atoms with Gasteiger partial charge in [-0.05, 0) is 26.2 Å². The minimum atomic E-state index is -0.858. The van der Waals surface area contributed by atoms with Gasteiger partial charge in [0.1, 0.15) is 0 Å².